The summed E-state index contributed by atoms with van der Waals surface area (Å²) in [4.78, 5) is 23.3. The quantitative estimate of drug-likeness (QED) is 0.742. The topological polar surface area (TPSA) is 84.2 Å². The van der Waals surface area contributed by atoms with Gasteiger partial charge in [0.1, 0.15) is 0 Å². The first-order valence-electron chi connectivity index (χ1n) is 6.60. The molecule has 3 rings (SSSR count). The van der Waals surface area contributed by atoms with Crippen LogP contribution >= 0.6 is 0 Å². The van der Waals surface area contributed by atoms with Crippen molar-refractivity contribution in [2.45, 2.75) is 25.3 Å². The maximum absolute atomic E-state index is 12.0. The number of anilines is 1. The zero-order valence-corrected chi connectivity index (χ0v) is 10.6. The number of benzene rings is 1. The van der Waals surface area contributed by atoms with Crippen molar-refractivity contribution in [1.82, 2.24) is 5.32 Å². The Bertz CT molecular complexity index is 537. The number of nitrogens with two attached hydrogens (primary N) is 1. The lowest BCUT2D eigenvalue weighted by molar-refractivity contribution is -0.115. The Labute approximate surface area is 111 Å². The monoisotopic (exact) mass is 259 g/mol. The molecular formula is C14H17N3O2. The number of rotatable bonds is 4. The molecule has 0 aromatic heterocycles. The van der Waals surface area contributed by atoms with Gasteiger partial charge in [0.15, 0.2) is 0 Å². The first-order valence-corrected chi connectivity index (χ1v) is 6.60. The highest BCUT2D eigenvalue weighted by molar-refractivity contribution is 6.01. The highest BCUT2D eigenvalue weighted by atomic mass is 16.2. The summed E-state index contributed by atoms with van der Waals surface area (Å²) in [6, 6.07) is 5.32. The van der Waals surface area contributed by atoms with Gasteiger partial charge in [0.2, 0.25) is 5.91 Å². The molecule has 1 aromatic rings. The highest BCUT2D eigenvalue weighted by Crippen LogP contribution is 2.31. The van der Waals surface area contributed by atoms with Crippen LogP contribution in [0.2, 0.25) is 0 Å². The van der Waals surface area contributed by atoms with Crippen LogP contribution in [0.3, 0.4) is 0 Å². The maximum atomic E-state index is 12.0. The van der Waals surface area contributed by atoms with Gasteiger partial charge in [-0.1, -0.05) is 0 Å². The Morgan fingerprint density at radius 3 is 3.00 bits per heavy atom. The third-order valence-electron chi connectivity index (χ3n) is 3.72. The summed E-state index contributed by atoms with van der Waals surface area (Å²) in [5, 5.41) is 5.60. The third-order valence-corrected chi connectivity index (χ3v) is 3.72. The average Bonchev–Trinajstić information content (AvgIpc) is 3.16. The lowest BCUT2D eigenvalue weighted by Crippen LogP contribution is -2.38. The number of hydrogen-bond acceptors (Lipinski definition) is 3. The van der Waals surface area contributed by atoms with Crippen molar-refractivity contribution in [3.8, 4) is 0 Å². The van der Waals surface area contributed by atoms with Crippen LogP contribution in [0.5, 0.6) is 0 Å². The second-order valence-electron chi connectivity index (χ2n) is 5.31. The first kappa shape index (κ1) is 12.2. The van der Waals surface area contributed by atoms with Gasteiger partial charge in [-0.3, -0.25) is 9.59 Å². The molecule has 2 aliphatic rings. The van der Waals surface area contributed by atoms with Crippen molar-refractivity contribution in [1.29, 1.82) is 0 Å². The molecule has 0 radical (unpaired) electrons. The van der Waals surface area contributed by atoms with Crippen LogP contribution in [0.1, 0.15) is 28.8 Å². The van der Waals surface area contributed by atoms with Crippen LogP contribution in [0.4, 0.5) is 5.69 Å². The molecule has 0 bridgehead atoms. The van der Waals surface area contributed by atoms with Crippen molar-refractivity contribution in [3.05, 3.63) is 29.3 Å². The summed E-state index contributed by atoms with van der Waals surface area (Å²) in [5.41, 5.74) is 8.21. The molecule has 5 nitrogen and oxygen atoms in total. The number of nitrogens with one attached hydrogen (secondary N) is 2. The fourth-order valence-electron chi connectivity index (χ4n) is 2.37. The summed E-state index contributed by atoms with van der Waals surface area (Å²) in [7, 11) is 0. The largest absolute Gasteiger partial charge is 0.350 e. The zero-order valence-electron chi connectivity index (χ0n) is 10.6. The number of amides is 2. The molecule has 1 saturated carbocycles. The highest BCUT2D eigenvalue weighted by Gasteiger charge is 2.28. The first-order chi connectivity index (χ1) is 9.13. The molecule has 4 N–H and O–H groups in total. The van der Waals surface area contributed by atoms with Crippen LogP contribution in [-0.2, 0) is 11.2 Å². The Morgan fingerprint density at radius 1 is 1.47 bits per heavy atom. The van der Waals surface area contributed by atoms with Gasteiger partial charge in [-0.2, -0.15) is 0 Å². The zero-order chi connectivity index (χ0) is 13.4. The number of carbonyl (C=O) groups excluding carboxylic acids is 2. The summed E-state index contributed by atoms with van der Waals surface area (Å²) in [5.74, 6) is 0.420. The minimum Gasteiger partial charge on any atom is -0.350 e. The molecule has 1 aliphatic heterocycles. The summed E-state index contributed by atoms with van der Waals surface area (Å²) in [6.07, 6.45) is 2.69. The molecule has 2 amide bonds. The smallest absolute Gasteiger partial charge is 0.251 e. The number of carbonyl (C=O) groups is 2. The van der Waals surface area contributed by atoms with E-state index in [-0.39, 0.29) is 17.9 Å². The molecule has 1 unspecified atom stereocenters. The van der Waals surface area contributed by atoms with Crippen LogP contribution in [-0.4, -0.2) is 24.4 Å². The van der Waals surface area contributed by atoms with E-state index in [9.17, 15) is 9.59 Å². The number of fused-ring (bicyclic) bond motifs is 1. The molecule has 19 heavy (non-hydrogen) atoms. The molecule has 0 saturated heterocycles. The average molecular weight is 259 g/mol. The lowest BCUT2D eigenvalue weighted by Gasteiger charge is -2.12. The standard InChI is InChI=1S/C14H17N3O2/c15-11(8-1-2-8)7-16-14(19)9-3-4-12-10(5-9)6-13(18)17-12/h3-5,8,11H,1-2,6-7,15H2,(H,16,19)(H,17,18). The fraction of sp³-hybridized carbons (Fsp3) is 0.429. The van der Waals surface area contributed by atoms with Gasteiger partial charge in [0, 0.05) is 23.8 Å². The van der Waals surface area contributed by atoms with E-state index in [4.69, 9.17) is 5.73 Å². The molecule has 1 aliphatic carbocycles. The van der Waals surface area contributed by atoms with Gasteiger partial charge in [-0.25, -0.2) is 0 Å². The van der Waals surface area contributed by atoms with E-state index in [2.05, 4.69) is 10.6 Å². The molecule has 5 heteroatoms. The molecule has 100 valence electrons. The van der Waals surface area contributed by atoms with E-state index in [0.717, 1.165) is 11.3 Å². The molecule has 1 heterocycles. The minimum atomic E-state index is -0.127. The van der Waals surface area contributed by atoms with E-state index in [0.29, 0.717) is 24.4 Å². The van der Waals surface area contributed by atoms with Gasteiger partial charge < -0.3 is 16.4 Å². The SMILES string of the molecule is NC(CNC(=O)c1ccc2c(c1)CC(=O)N2)C1CC1. The molecule has 1 aromatic carbocycles. The van der Waals surface area contributed by atoms with E-state index in [1.54, 1.807) is 18.2 Å². The van der Waals surface area contributed by atoms with Crippen LogP contribution in [0, 0.1) is 5.92 Å². The second kappa shape index (κ2) is 4.66. The van der Waals surface area contributed by atoms with Crippen LogP contribution in [0.25, 0.3) is 0 Å². The van der Waals surface area contributed by atoms with Gasteiger partial charge in [0.05, 0.1) is 6.42 Å². The van der Waals surface area contributed by atoms with Gasteiger partial charge in [0.25, 0.3) is 5.91 Å². The molecule has 1 atom stereocenters. The summed E-state index contributed by atoms with van der Waals surface area (Å²) >= 11 is 0. The second-order valence-corrected chi connectivity index (χ2v) is 5.31. The minimum absolute atomic E-state index is 0.0247. The van der Waals surface area contributed by atoms with Crippen LogP contribution < -0.4 is 16.4 Å². The van der Waals surface area contributed by atoms with E-state index in [1.807, 2.05) is 0 Å². The van der Waals surface area contributed by atoms with Crippen molar-refractivity contribution in [2.75, 3.05) is 11.9 Å². The van der Waals surface area contributed by atoms with Gasteiger partial charge in [-0.05, 0) is 42.5 Å². The molecular weight excluding hydrogens is 242 g/mol. The van der Waals surface area contributed by atoms with E-state index < -0.39 is 0 Å². The number of hydrogen-bond donors (Lipinski definition) is 3. The Kier molecular flexibility index (Phi) is 2.98. The summed E-state index contributed by atoms with van der Waals surface area (Å²) < 4.78 is 0. The van der Waals surface area contributed by atoms with Crippen LogP contribution in [0.15, 0.2) is 18.2 Å². The predicted molar refractivity (Wildman–Crippen MR) is 71.8 cm³/mol. The van der Waals surface area contributed by atoms with Crippen molar-refractivity contribution < 1.29 is 9.59 Å². The Morgan fingerprint density at radius 2 is 2.26 bits per heavy atom. The van der Waals surface area contributed by atoms with Gasteiger partial charge >= 0.3 is 0 Å². The Hall–Kier alpha value is -1.88. The summed E-state index contributed by atoms with van der Waals surface area (Å²) in [6.45, 7) is 0.512. The van der Waals surface area contributed by atoms with Crippen molar-refractivity contribution >= 4 is 17.5 Å². The fourth-order valence-corrected chi connectivity index (χ4v) is 2.37. The van der Waals surface area contributed by atoms with E-state index >= 15 is 0 Å². The molecule has 0 spiro atoms. The van der Waals surface area contributed by atoms with Gasteiger partial charge in [-0.15, -0.1) is 0 Å². The maximum Gasteiger partial charge on any atom is 0.251 e. The Balaban J connectivity index is 1.63. The van der Waals surface area contributed by atoms with Crippen molar-refractivity contribution in [2.24, 2.45) is 11.7 Å². The predicted octanol–water partition coefficient (Wildman–Crippen LogP) is 0.648. The molecule has 1 fully saturated rings. The normalized spacial score (nSPS) is 18.7. The van der Waals surface area contributed by atoms with E-state index in [1.165, 1.54) is 12.8 Å². The van der Waals surface area contributed by atoms with Crippen molar-refractivity contribution in [3.63, 3.8) is 0 Å². The lowest BCUT2D eigenvalue weighted by atomic mass is 10.1. The third kappa shape index (κ3) is 2.61.